The fourth-order valence-electron chi connectivity index (χ4n) is 3.84. The van der Waals surface area contributed by atoms with Crippen LogP contribution in [0.1, 0.15) is 65.2 Å². The van der Waals surface area contributed by atoms with Crippen LogP contribution >= 0.6 is 0 Å². The largest absolute Gasteiger partial charge is 0.339 e. The normalized spacial score (nSPS) is 31.8. The predicted octanol–water partition coefficient (Wildman–Crippen LogP) is 2.93. The van der Waals surface area contributed by atoms with Crippen LogP contribution in [0.4, 0.5) is 0 Å². The number of nitrogens with zero attached hydrogens (tertiary/aromatic N) is 1. The van der Waals surface area contributed by atoms with E-state index in [-0.39, 0.29) is 5.41 Å². The molecule has 3 heteroatoms. The van der Waals surface area contributed by atoms with E-state index < -0.39 is 0 Å². The van der Waals surface area contributed by atoms with Gasteiger partial charge in [0.2, 0.25) is 5.91 Å². The van der Waals surface area contributed by atoms with Crippen molar-refractivity contribution in [2.75, 3.05) is 13.1 Å². The van der Waals surface area contributed by atoms with Crippen molar-refractivity contribution in [3.05, 3.63) is 0 Å². The van der Waals surface area contributed by atoms with Crippen LogP contribution in [0.5, 0.6) is 0 Å². The molecule has 1 aliphatic carbocycles. The summed E-state index contributed by atoms with van der Waals surface area (Å²) in [6.07, 6.45) is 9.27. The first-order valence-corrected chi connectivity index (χ1v) is 8.12. The lowest BCUT2D eigenvalue weighted by molar-refractivity contribution is -0.147. The van der Waals surface area contributed by atoms with Gasteiger partial charge in [-0.1, -0.05) is 32.6 Å². The van der Waals surface area contributed by atoms with Crippen LogP contribution in [-0.2, 0) is 4.79 Å². The van der Waals surface area contributed by atoms with Crippen molar-refractivity contribution >= 4 is 5.91 Å². The van der Waals surface area contributed by atoms with Gasteiger partial charge in [0.1, 0.15) is 0 Å². The number of hydrogen-bond acceptors (Lipinski definition) is 2. The van der Waals surface area contributed by atoms with Crippen molar-refractivity contribution in [3.8, 4) is 0 Å². The Labute approximate surface area is 117 Å². The molecule has 1 saturated carbocycles. The summed E-state index contributed by atoms with van der Waals surface area (Å²) >= 11 is 0. The second-order valence-electron chi connectivity index (χ2n) is 6.76. The minimum absolute atomic E-state index is 0.248. The van der Waals surface area contributed by atoms with Gasteiger partial charge in [-0.05, 0) is 38.5 Å². The standard InChI is InChI=1S/C16H30N2O/c1-13-8-7-11-18(14(13)2)15(19)16(12-17)9-5-3-4-6-10-16/h13-14H,3-12,17H2,1-2H3. The van der Waals surface area contributed by atoms with E-state index in [9.17, 15) is 4.79 Å². The lowest BCUT2D eigenvalue weighted by Gasteiger charge is -2.43. The molecule has 0 aromatic carbocycles. The quantitative estimate of drug-likeness (QED) is 0.781. The summed E-state index contributed by atoms with van der Waals surface area (Å²) in [5.74, 6) is 0.981. The zero-order valence-electron chi connectivity index (χ0n) is 12.7. The molecule has 0 spiro atoms. The predicted molar refractivity (Wildman–Crippen MR) is 78.8 cm³/mol. The van der Waals surface area contributed by atoms with E-state index >= 15 is 0 Å². The van der Waals surface area contributed by atoms with E-state index in [0.29, 0.717) is 24.4 Å². The van der Waals surface area contributed by atoms with E-state index in [1.165, 1.54) is 32.1 Å². The van der Waals surface area contributed by atoms with Crippen molar-refractivity contribution in [2.24, 2.45) is 17.1 Å². The highest BCUT2D eigenvalue weighted by molar-refractivity contribution is 5.83. The molecule has 1 aliphatic heterocycles. The Balaban J connectivity index is 2.14. The molecule has 2 aliphatic rings. The van der Waals surface area contributed by atoms with Crippen LogP contribution < -0.4 is 5.73 Å². The number of nitrogens with two attached hydrogens (primary N) is 1. The lowest BCUT2D eigenvalue weighted by Crippen LogP contribution is -2.54. The molecule has 19 heavy (non-hydrogen) atoms. The first kappa shape index (κ1) is 14.8. The molecule has 2 rings (SSSR count). The Morgan fingerprint density at radius 2 is 1.79 bits per heavy atom. The lowest BCUT2D eigenvalue weighted by atomic mass is 9.77. The number of carbonyl (C=O) groups excluding carboxylic acids is 1. The number of amides is 1. The molecule has 2 fully saturated rings. The third-order valence-corrected chi connectivity index (χ3v) is 5.54. The molecule has 0 radical (unpaired) electrons. The molecule has 1 saturated heterocycles. The number of carbonyl (C=O) groups is 1. The highest BCUT2D eigenvalue weighted by Gasteiger charge is 2.42. The number of hydrogen-bond donors (Lipinski definition) is 1. The summed E-state index contributed by atoms with van der Waals surface area (Å²) < 4.78 is 0. The van der Waals surface area contributed by atoms with Crippen molar-refractivity contribution in [3.63, 3.8) is 0 Å². The van der Waals surface area contributed by atoms with Gasteiger partial charge in [0.25, 0.3) is 0 Å². The molecule has 0 aromatic heterocycles. The molecule has 1 heterocycles. The Morgan fingerprint density at radius 3 is 2.37 bits per heavy atom. The van der Waals surface area contributed by atoms with Gasteiger partial charge in [-0.25, -0.2) is 0 Å². The Kier molecular flexibility index (Phi) is 4.88. The van der Waals surface area contributed by atoms with Gasteiger partial charge >= 0.3 is 0 Å². The molecule has 110 valence electrons. The number of likely N-dealkylation sites (tertiary alicyclic amines) is 1. The summed E-state index contributed by atoms with van der Waals surface area (Å²) in [5, 5.41) is 0. The number of piperidine rings is 1. The van der Waals surface area contributed by atoms with Crippen molar-refractivity contribution in [2.45, 2.75) is 71.3 Å². The van der Waals surface area contributed by atoms with Crippen molar-refractivity contribution in [1.29, 1.82) is 0 Å². The second-order valence-corrected chi connectivity index (χ2v) is 6.76. The Bertz CT molecular complexity index is 308. The van der Waals surface area contributed by atoms with Gasteiger partial charge in [0.15, 0.2) is 0 Å². The second kappa shape index (κ2) is 6.25. The third kappa shape index (κ3) is 2.96. The van der Waals surface area contributed by atoms with Crippen LogP contribution in [0, 0.1) is 11.3 Å². The average molecular weight is 266 g/mol. The van der Waals surface area contributed by atoms with Gasteiger partial charge in [-0.2, -0.15) is 0 Å². The highest BCUT2D eigenvalue weighted by Crippen LogP contribution is 2.38. The van der Waals surface area contributed by atoms with E-state index in [2.05, 4.69) is 18.7 Å². The van der Waals surface area contributed by atoms with E-state index in [0.717, 1.165) is 25.8 Å². The monoisotopic (exact) mass is 266 g/mol. The molecular weight excluding hydrogens is 236 g/mol. The topological polar surface area (TPSA) is 46.3 Å². The van der Waals surface area contributed by atoms with Crippen molar-refractivity contribution in [1.82, 2.24) is 4.90 Å². The first-order chi connectivity index (χ1) is 9.10. The van der Waals surface area contributed by atoms with Crippen molar-refractivity contribution < 1.29 is 4.79 Å². The summed E-state index contributed by atoms with van der Waals surface area (Å²) in [7, 11) is 0. The van der Waals surface area contributed by atoms with Gasteiger partial charge in [-0.15, -0.1) is 0 Å². The summed E-state index contributed by atoms with van der Waals surface area (Å²) in [6.45, 7) is 5.95. The minimum Gasteiger partial charge on any atom is -0.339 e. The molecule has 0 bridgehead atoms. The fourth-order valence-corrected chi connectivity index (χ4v) is 3.84. The van der Waals surface area contributed by atoms with E-state index in [1.54, 1.807) is 0 Å². The maximum atomic E-state index is 13.1. The van der Waals surface area contributed by atoms with Gasteiger partial charge < -0.3 is 10.6 Å². The van der Waals surface area contributed by atoms with Crippen LogP contribution in [0.15, 0.2) is 0 Å². The fraction of sp³-hybridized carbons (Fsp3) is 0.938. The molecule has 3 nitrogen and oxygen atoms in total. The summed E-state index contributed by atoms with van der Waals surface area (Å²) in [4.78, 5) is 15.2. The molecular formula is C16H30N2O. The van der Waals surface area contributed by atoms with Gasteiger partial charge in [-0.3, -0.25) is 4.79 Å². The van der Waals surface area contributed by atoms with Crippen LogP contribution in [0.25, 0.3) is 0 Å². The third-order valence-electron chi connectivity index (χ3n) is 5.54. The summed E-state index contributed by atoms with van der Waals surface area (Å²) in [5.41, 5.74) is 5.80. The number of rotatable bonds is 2. The average Bonchev–Trinajstić information content (AvgIpc) is 2.67. The molecule has 2 N–H and O–H groups in total. The van der Waals surface area contributed by atoms with E-state index in [4.69, 9.17) is 5.73 Å². The molecule has 2 unspecified atom stereocenters. The zero-order valence-corrected chi connectivity index (χ0v) is 12.7. The minimum atomic E-state index is -0.248. The molecule has 1 amide bonds. The van der Waals surface area contributed by atoms with Crippen LogP contribution in [-0.4, -0.2) is 29.9 Å². The highest BCUT2D eigenvalue weighted by atomic mass is 16.2. The summed E-state index contributed by atoms with van der Waals surface area (Å²) in [6, 6.07) is 0.382. The SMILES string of the molecule is CC1CCCN(C(=O)C2(CN)CCCCCC2)C1C. The van der Waals surface area contributed by atoms with Gasteiger partial charge in [0.05, 0.1) is 5.41 Å². The smallest absolute Gasteiger partial charge is 0.230 e. The first-order valence-electron chi connectivity index (χ1n) is 8.12. The Morgan fingerprint density at radius 1 is 1.16 bits per heavy atom. The molecule has 2 atom stereocenters. The maximum absolute atomic E-state index is 13.1. The maximum Gasteiger partial charge on any atom is 0.230 e. The van der Waals surface area contributed by atoms with Crippen LogP contribution in [0.2, 0.25) is 0 Å². The van der Waals surface area contributed by atoms with E-state index in [1.807, 2.05) is 0 Å². The van der Waals surface area contributed by atoms with Crippen LogP contribution in [0.3, 0.4) is 0 Å². The molecule has 0 aromatic rings. The Hall–Kier alpha value is -0.570. The zero-order chi connectivity index (χ0) is 13.9. The van der Waals surface area contributed by atoms with Gasteiger partial charge in [0, 0.05) is 19.1 Å².